The number of hydrogen-bond acceptors (Lipinski definition) is 4. The Balaban J connectivity index is 2.29. The van der Waals surface area contributed by atoms with E-state index in [0.717, 1.165) is 5.82 Å². The molecule has 1 aromatic rings. The van der Waals surface area contributed by atoms with Crippen LogP contribution >= 0.6 is 0 Å². The lowest BCUT2D eigenvalue weighted by molar-refractivity contribution is -0.140. The third-order valence-corrected chi connectivity index (χ3v) is 2.34. The normalized spacial score (nSPS) is 11.9. The first-order chi connectivity index (χ1) is 8.54. The Labute approximate surface area is 104 Å². The molecule has 1 atom stereocenters. The van der Waals surface area contributed by atoms with Crippen molar-refractivity contribution in [3.8, 4) is 0 Å². The molecule has 1 aromatic heterocycles. The fourth-order valence-corrected chi connectivity index (χ4v) is 1.32. The van der Waals surface area contributed by atoms with Crippen molar-refractivity contribution < 1.29 is 19.8 Å². The fourth-order valence-electron chi connectivity index (χ4n) is 1.32. The second kappa shape index (κ2) is 6.60. The Kier molecular flexibility index (Phi) is 5.12. The molecule has 0 saturated heterocycles. The maximum absolute atomic E-state index is 11.3. The number of carboxylic acids is 1. The van der Waals surface area contributed by atoms with Crippen molar-refractivity contribution in [2.24, 2.45) is 7.05 Å². The van der Waals surface area contributed by atoms with Gasteiger partial charge >= 0.3 is 12.0 Å². The maximum Gasteiger partial charge on any atom is 0.328 e. The van der Waals surface area contributed by atoms with Crippen LogP contribution in [0.15, 0.2) is 12.4 Å². The van der Waals surface area contributed by atoms with E-state index in [0.29, 0.717) is 13.0 Å². The third-order valence-electron chi connectivity index (χ3n) is 2.34. The van der Waals surface area contributed by atoms with Gasteiger partial charge in [0.15, 0.2) is 6.04 Å². The standard InChI is InChI=1S/C10H16N4O4/c1-14-5-4-11-8(14)2-3-12-10(18)13-7(6-15)9(16)17/h4-5,7,15H,2-3,6H2,1H3,(H,16,17)(H2,12,13,18)/t7-/m0/s1. The topological polar surface area (TPSA) is 116 Å². The molecule has 8 nitrogen and oxygen atoms in total. The van der Waals surface area contributed by atoms with Crippen LogP contribution in [-0.4, -0.2) is 51.0 Å². The van der Waals surface area contributed by atoms with Crippen molar-refractivity contribution in [3.05, 3.63) is 18.2 Å². The Bertz CT molecular complexity index is 418. The molecular formula is C10H16N4O4. The van der Waals surface area contributed by atoms with Gasteiger partial charge in [-0.05, 0) is 0 Å². The third kappa shape index (κ3) is 4.06. The molecule has 0 spiro atoms. The molecule has 0 aliphatic rings. The van der Waals surface area contributed by atoms with E-state index in [9.17, 15) is 9.59 Å². The monoisotopic (exact) mass is 256 g/mol. The Morgan fingerprint density at radius 3 is 2.78 bits per heavy atom. The second-order valence-corrected chi connectivity index (χ2v) is 3.68. The first-order valence-electron chi connectivity index (χ1n) is 5.38. The number of aryl methyl sites for hydroxylation is 1. The number of amides is 2. The zero-order valence-corrected chi connectivity index (χ0v) is 9.96. The lowest BCUT2D eigenvalue weighted by atomic mass is 10.3. The SMILES string of the molecule is Cn1ccnc1CCNC(=O)N[C@@H](CO)C(=O)O. The Hall–Kier alpha value is -2.09. The summed E-state index contributed by atoms with van der Waals surface area (Å²) in [4.78, 5) is 25.9. The molecule has 18 heavy (non-hydrogen) atoms. The van der Waals surface area contributed by atoms with Gasteiger partial charge in [0, 0.05) is 32.4 Å². The van der Waals surface area contributed by atoms with Gasteiger partial charge in [-0.25, -0.2) is 14.6 Å². The van der Waals surface area contributed by atoms with Crippen molar-refractivity contribution in [3.63, 3.8) is 0 Å². The predicted molar refractivity (Wildman–Crippen MR) is 62.0 cm³/mol. The van der Waals surface area contributed by atoms with E-state index in [-0.39, 0.29) is 0 Å². The number of carboxylic acid groups (broad SMARTS) is 1. The van der Waals surface area contributed by atoms with E-state index < -0.39 is 24.6 Å². The number of nitrogens with one attached hydrogen (secondary N) is 2. The number of nitrogens with zero attached hydrogens (tertiary/aromatic N) is 2. The number of rotatable bonds is 6. The van der Waals surface area contributed by atoms with Crippen LogP contribution in [0.3, 0.4) is 0 Å². The molecule has 8 heteroatoms. The highest BCUT2D eigenvalue weighted by molar-refractivity contribution is 5.82. The second-order valence-electron chi connectivity index (χ2n) is 3.68. The summed E-state index contributed by atoms with van der Waals surface area (Å²) >= 11 is 0. The number of aliphatic carboxylic acids is 1. The molecule has 1 rings (SSSR count). The molecule has 0 bridgehead atoms. The number of hydrogen-bond donors (Lipinski definition) is 4. The number of carbonyl (C=O) groups is 2. The van der Waals surface area contributed by atoms with Gasteiger partial charge in [-0.2, -0.15) is 0 Å². The van der Waals surface area contributed by atoms with Gasteiger partial charge in [-0.1, -0.05) is 0 Å². The fraction of sp³-hybridized carbons (Fsp3) is 0.500. The molecule has 0 aromatic carbocycles. The van der Waals surface area contributed by atoms with Gasteiger partial charge in [-0.3, -0.25) is 0 Å². The van der Waals surface area contributed by atoms with E-state index in [4.69, 9.17) is 10.2 Å². The molecule has 100 valence electrons. The number of imidazole rings is 1. The van der Waals surface area contributed by atoms with Crippen LogP contribution in [0, 0.1) is 0 Å². The van der Waals surface area contributed by atoms with Crippen LogP contribution in [0.2, 0.25) is 0 Å². The van der Waals surface area contributed by atoms with Gasteiger partial charge in [0.05, 0.1) is 6.61 Å². The summed E-state index contributed by atoms with van der Waals surface area (Å²) in [5.41, 5.74) is 0. The van der Waals surface area contributed by atoms with E-state index in [1.165, 1.54) is 0 Å². The minimum absolute atomic E-state index is 0.328. The molecular weight excluding hydrogens is 240 g/mol. The van der Waals surface area contributed by atoms with Crippen LogP contribution in [0.4, 0.5) is 4.79 Å². The van der Waals surface area contributed by atoms with Crippen LogP contribution < -0.4 is 10.6 Å². The highest BCUT2D eigenvalue weighted by Crippen LogP contribution is 1.93. The Morgan fingerprint density at radius 2 is 2.28 bits per heavy atom. The molecule has 0 unspecified atom stereocenters. The van der Waals surface area contributed by atoms with Crippen LogP contribution in [0.5, 0.6) is 0 Å². The van der Waals surface area contributed by atoms with Gasteiger partial charge in [0.25, 0.3) is 0 Å². The van der Waals surface area contributed by atoms with E-state index in [1.54, 1.807) is 12.4 Å². The summed E-state index contributed by atoms with van der Waals surface area (Å²) in [5.74, 6) is -0.469. The lowest BCUT2D eigenvalue weighted by Gasteiger charge is -2.12. The van der Waals surface area contributed by atoms with Crippen LogP contribution in [0.1, 0.15) is 5.82 Å². The molecule has 1 heterocycles. The average molecular weight is 256 g/mol. The molecule has 0 aliphatic carbocycles. The number of carbonyl (C=O) groups excluding carboxylic acids is 1. The zero-order valence-electron chi connectivity index (χ0n) is 9.96. The molecule has 0 saturated carbocycles. The van der Waals surface area contributed by atoms with Gasteiger partial charge in [-0.15, -0.1) is 0 Å². The number of aliphatic hydroxyl groups excluding tert-OH is 1. The maximum atomic E-state index is 11.3. The van der Waals surface area contributed by atoms with Gasteiger partial charge in [0.2, 0.25) is 0 Å². The number of aromatic nitrogens is 2. The number of urea groups is 1. The summed E-state index contributed by atoms with van der Waals surface area (Å²) < 4.78 is 1.83. The van der Waals surface area contributed by atoms with Gasteiger partial charge in [0.1, 0.15) is 5.82 Å². The highest BCUT2D eigenvalue weighted by Gasteiger charge is 2.18. The average Bonchev–Trinajstić information content (AvgIpc) is 2.71. The minimum Gasteiger partial charge on any atom is -0.480 e. The van der Waals surface area contributed by atoms with Crippen molar-refractivity contribution in [2.45, 2.75) is 12.5 Å². The molecule has 2 amide bonds. The first kappa shape index (κ1) is 14.0. The zero-order chi connectivity index (χ0) is 13.5. The highest BCUT2D eigenvalue weighted by atomic mass is 16.4. The number of aliphatic hydroxyl groups is 1. The molecule has 0 aliphatic heterocycles. The van der Waals surface area contributed by atoms with E-state index in [1.807, 2.05) is 11.6 Å². The summed E-state index contributed by atoms with van der Waals surface area (Å²) in [5, 5.41) is 22.0. The van der Waals surface area contributed by atoms with Crippen molar-refractivity contribution in [2.75, 3.05) is 13.2 Å². The van der Waals surface area contributed by atoms with Crippen LogP contribution in [-0.2, 0) is 18.3 Å². The van der Waals surface area contributed by atoms with Crippen molar-refractivity contribution >= 4 is 12.0 Å². The van der Waals surface area contributed by atoms with Gasteiger partial charge < -0.3 is 25.4 Å². The van der Waals surface area contributed by atoms with Crippen LogP contribution in [0.25, 0.3) is 0 Å². The van der Waals surface area contributed by atoms with E-state index in [2.05, 4.69) is 15.6 Å². The molecule has 0 fully saturated rings. The largest absolute Gasteiger partial charge is 0.480 e. The molecule has 4 N–H and O–H groups in total. The lowest BCUT2D eigenvalue weighted by Crippen LogP contribution is -2.48. The predicted octanol–water partition coefficient (Wildman–Crippen LogP) is -1.29. The van der Waals surface area contributed by atoms with Crippen molar-refractivity contribution in [1.82, 2.24) is 20.2 Å². The first-order valence-corrected chi connectivity index (χ1v) is 5.38. The summed E-state index contributed by atoms with van der Waals surface area (Å²) in [6.45, 7) is -0.323. The quantitative estimate of drug-likeness (QED) is 0.505. The summed E-state index contributed by atoms with van der Waals surface area (Å²) in [7, 11) is 1.84. The minimum atomic E-state index is -1.29. The smallest absolute Gasteiger partial charge is 0.328 e. The summed E-state index contributed by atoms with van der Waals surface area (Å²) in [6.07, 6.45) is 3.98. The van der Waals surface area contributed by atoms with E-state index >= 15 is 0 Å². The summed E-state index contributed by atoms with van der Waals surface area (Å²) in [6, 6.07) is -1.93. The van der Waals surface area contributed by atoms with Crippen molar-refractivity contribution in [1.29, 1.82) is 0 Å². The Morgan fingerprint density at radius 1 is 1.56 bits per heavy atom. The molecule has 0 radical (unpaired) electrons.